The Labute approximate surface area is 110 Å². The predicted octanol–water partition coefficient (Wildman–Crippen LogP) is 1.78. The number of nitrogens with zero attached hydrogens (tertiary/aromatic N) is 1. The summed E-state index contributed by atoms with van der Waals surface area (Å²) < 4.78 is 27.0. The van der Waals surface area contributed by atoms with Gasteiger partial charge in [0.05, 0.1) is 16.9 Å². The molecule has 0 unspecified atom stereocenters. The SMILES string of the molecule is CCN(CC(C)(C)O)C(=O)c1cc(F)cc(N)c1F. The van der Waals surface area contributed by atoms with E-state index in [0.29, 0.717) is 0 Å². The number of nitrogen functional groups attached to an aromatic ring is 1. The number of amides is 1. The predicted molar refractivity (Wildman–Crippen MR) is 68.6 cm³/mol. The van der Waals surface area contributed by atoms with Gasteiger partial charge >= 0.3 is 0 Å². The topological polar surface area (TPSA) is 66.6 Å². The third-order valence-electron chi connectivity index (χ3n) is 2.54. The fourth-order valence-corrected chi connectivity index (χ4v) is 1.73. The van der Waals surface area contributed by atoms with Crippen molar-refractivity contribution < 1.29 is 18.7 Å². The highest BCUT2D eigenvalue weighted by Crippen LogP contribution is 2.20. The second-order valence-electron chi connectivity index (χ2n) is 4.99. The number of likely N-dealkylation sites (N-methyl/N-ethyl adjacent to an activating group) is 1. The van der Waals surface area contributed by atoms with Crippen LogP contribution in [0.25, 0.3) is 0 Å². The number of anilines is 1. The average molecular weight is 272 g/mol. The Bertz CT molecular complexity index is 484. The van der Waals surface area contributed by atoms with Crippen LogP contribution in [-0.2, 0) is 0 Å². The molecule has 0 aliphatic rings. The Balaban J connectivity index is 3.11. The smallest absolute Gasteiger partial charge is 0.257 e. The maximum absolute atomic E-state index is 13.8. The fraction of sp³-hybridized carbons (Fsp3) is 0.462. The van der Waals surface area contributed by atoms with Gasteiger partial charge in [0, 0.05) is 13.1 Å². The quantitative estimate of drug-likeness (QED) is 0.821. The maximum Gasteiger partial charge on any atom is 0.257 e. The molecule has 1 rings (SSSR count). The standard InChI is InChI=1S/C13H18F2N2O2/c1-4-17(7-13(2,3)19)12(18)9-5-8(14)6-10(16)11(9)15/h5-6,19H,4,7,16H2,1-3H3. The van der Waals surface area contributed by atoms with Crippen LogP contribution in [0.3, 0.4) is 0 Å². The van der Waals surface area contributed by atoms with E-state index in [1.54, 1.807) is 6.92 Å². The van der Waals surface area contributed by atoms with Crippen molar-refractivity contribution in [1.82, 2.24) is 4.90 Å². The van der Waals surface area contributed by atoms with E-state index in [2.05, 4.69) is 0 Å². The number of carbonyl (C=O) groups is 1. The van der Waals surface area contributed by atoms with Gasteiger partial charge < -0.3 is 15.7 Å². The summed E-state index contributed by atoms with van der Waals surface area (Å²) in [5, 5.41) is 9.71. The second-order valence-corrected chi connectivity index (χ2v) is 4.99. The van der Waals surface area contributed by atoms with Crippen molar-refractivity contribution in [1.29, 1.82) is 0 Å². The molecule has 106 valence electrons. The van der Waals surface area contributed by atoms with Crippen molar-refractivity contribution >= 4 is 11.6 Å². The molecular weight excluding hydrogens is 254 g/mol. The van der Waals surface area contributed by atoms with Gasteiger partial charge in [-0.15, -0.1) is 0 Å². The summed E-state index contributed by atoms with van der Waals surface area (Å²) in [6.45, 7) is 5.01. The zero-order chi connectivity index (χ0) is 14.8. The summed E-state index contributed by atoms with van der Waals surface area (Å²) >= 11 is 0. The minimum absolute atomic E-state index is 0.0121. The Morgan fingerprint density at radius 3 is 2.47 bits per heavy atom. The molecule has 1 aromatic rings. The first-order valence-corrected chi connectivity index (χ1v) is 5.92. The van der Waals surface area contributed by atoms with E-state index in [0.717, 1.165) is 12.1 Å². The molecule has 0 saturated heterocycles. The monoisotopic (exact) mass is 272 g/mol. The van der Waals surface area contributed by atoms with Crippen molar-refractivity contribution in [3.05, 3.63) is 29.3 Å². The molecule has 1 aromatic carbocycles. The summed E-state index contributed by atoms with van der Waals surface area (Å²) in [6.07, 6.45) is 0. The van der Waals surface area contributed by atoms with Gasteiger partial charge in [-0.2, -0.15) is 0 Å². The summed E-state index contributed by atoms with van der Waals surface area (Å²) in [5.41, 5.74) is 3.33. The minimum Gasteiger partial charge on any atom is -0.396 e. The van der Waals surface area contributed by atoms with E-state index in [1.807, 2.05) is 0 Å². The zero-order valence-electron chi connectivity index (χ0n) is 11.2. The average Bonchev–Trinajstić information content (AvgIpc) is 2.28. The molecule has 6 heteroatoms. The number of benzene rings is 1. The largest absolute Gasteiger partial charge is 0.396 e. The van der Waals surface area contributed by atoms with E-state index in [4.69, 9.17) is 5.73 Å². The molecule has 0 aliphatic heterocycles. The van der Waals surface area contributed by atoms with Crippen LogP contribution in [0.5, 0.6) is 0 Å². The molecule has 0 atom stereocenters. The molecule has 4 nitrogen and oxygen atoms in total. The molecule has 19 heavy (non-hydrogen) atoms. The number of halogens is 2. The van der Waals surface area contributed by atoms with Crippen LogP contribution in [-0.4, -0.2) is 34.6 Å². The summed E-state index contributed by atoms with van der Waals surface area (Å²) in [4.78, 5) is 13.4. The first-order chi connectivity index (χ1) is 8.65. The molecule has 0 fully saturated rings. The molecular formula is C13H18F2N2O2. The maximum atomic E-state index is 13.8. The lowest BCUT2D eigenvalue weighted by atomic mass is 10.1. The van der Waals surface area contributed by atoms with Crippen molar-refractivity contribution in [2.24, 2.45) is 0 Å². The number of carbonyl (C=O) groups excluding carboxylic acids is 1. The summed E-state index contributed by atoms with van der Waals surface area (Å²) in [6, 6.07) is 1.62. The van der Waals surface area contributed by atoms with Gasteiger partial charge in [0.1, 0.15) is 5.82 Å². The molecule has 1 amide bonds. The van der Waals surface area contributed by atoms with E-state index >= 15 is 0 Å². The number of nitrogens with two attached hydrogens (primary N) is 1. The van der Waals surface area contributed by atoms with Crippen LogP contribution in [0.1, 0.15) is 31.1 Å². The first kappa shape index (κ1) is 15.4. The minimum atomic E-state index is -1.12. The Hall–Kier alpha value is -1.69. The van der Waals surface area contributed by atoms with Crippen molar-refractivity contribution in [3.63, 3.8) is 0 Å². The van der Waals surface area contributed by atoms with Gasteiger partial charge in [-0.05, 0) is 32.9 Å². The molecule has 3 N–H and O–H groups in total. The fourth-order valence-electron chi connectivity index (χ4n) is 1.73. The molecule has 0 aromatic heterocycles. The highest BCUT2D eigenvalue weighted by atomic mass is 19.1. The van der Waals surface area contributed by atoms with Gasteiger partial charge in [-0.1, -0.05) is 0 Å². The van der Waals surface area contributed by atoms with Crippen LogP contribution < -0.4 is 5.73 Å². The van der Waals surface area contributed by atoms with E-state index in [-0.39, 0.29) is 13.1 Å². The molecule has 0 heterocycles. The molecule has 0 saturated carbocycles. The lowest BCUT2D eigenvalue weighted by Gasteiger charge is -2.28. The summed E-state index contributed by atoms with van der Waals surface area (Å²) in [5.74, 6) is -2.42. The third kappa shape index (κ3) is 3.89. The zero-order valence-corrected chi connectivity index (χ0v) is 11.2. The van der Waals surface area contributed by atoms with Gasteiger partial charge in [0.2, 0.25) is 0 Å². The number of rotatable bonds is 4. The molecule has 0 bridgehead atoms. The van der Waals surface area contributed by atoms with Gasteiger partial charge in [0.25, 0.3) is 5.91 Å². The Kier molecular flexibility index (Phi) is 4.47. The van der Waals surface area contributed by atoms with Crippen LogP contribution in [0.15, 0.2) is 12.1 Å². The highest BCUT2D eigenvalue weighted by Gasteiger charge is 2.25. The van der Waals surface area contributed by atoms with Crippen molar-refractivity contribution in [2.45, 2.75) is 26.4 Å². The number of hydrogen-bond donors (Lipinski definition) is 2. The lowest BCUT2D eigenvalue weighted by Crippen LogP contribution is -2.42. The van der Waals surface area contributed by atoms with Crippen LogP contribution in [0.4, 0.5) is 14.5 Å². The molecule has 0 radical (unpaired) electrons. The van der Waals surface area contributed by atoms with Crippen LogP contribution in [0.2, 0.25) is 0 Å². The van der Waals surface area contributed by atoms with Crippen molar-refractivity contribution in [2.75, 3.05) is 18.8 Å². The van der Waals surface area contributed by atoms with E-state index in [9.17, 15) is 18.7 Å². The first-order valence-electron chi connectivity index (χ1n) is 5.92. The van der Waals surface area contributed by atoms with Crippen LogP contribution in [0, 0.1) is 11.6 Å². The Morgan fingerprint density at radius 2 is 2.00 bits per heavy atom. The van der Waals surface area contributed by atoms with E-state index in [1.165, 1.54) is 18.7 Å². The second kappa shape index (κ2) is 5.52. The van der Waals surface area contributed by atoms with E-state index < -0.39 is 34.4 Å². The summed E-state index contributed by atoms with van der Waals surface area (Å²) in [7, 11) is 0. The van der Waals surface area contributed by atoms with Gasteiger partial charge in [0.15, 0.2) is 5.82 Å². The number of hydrogen-bond acceptors (Lipinski definition) is 3. The molecule has 0 aliphatic carbocycles. The molecule has 0 spiro atoms. The van der Waals surface area contributed by atoms with Gasteiger partial charge in [-0.25, -0.2) is 8.78 Å². The lowest BCUT2D eigenvalue weighted by molar-refractivity contribution is 0.0312. The normalized spacial score (nSPS) is 11.5. The van der Waals surface area contributed by atoms with Crippen molar-refractivity contribution in [3.8, 4) is 0 Å². The third-order valence-corrected chi connectivity index (χ3v) is 2.54. The Morgan fingerprint density at radius 1 is 1.42 bits per heavy atom. The number of aliphatic hydroxyl groups is 1. The van der Waals surface area contributed by atoms with Gasteiger partial charge in [-0.3, -0.25) is 4.79 Å². The van der Waals surface area contributed by atoms with Crippen LogP contribution >= 0.6 is 0 Å². The highest BCUT2D eigenvalue weighted by molar-refractivity contribution is 5.95.